The molecule has 5 rings (SSSR count). The highest BCUT2D eigenvalue weighted by Gasteiger charge is 2.18. The first kappa shape index (κ1) is 22.4. The predicted octanol–water partition coefficient (Wildman–Crippen LogP) is 8.03. The van der Waals surface area contributed by atoms with Gasteiger partial charge < -0.3 is 9.30 Å². The van der Waals surface area contributed by atoms with Crippen molar-refractivity contribution in [3.63, 3.8) is 0 Å². The van der Waals surface area contributed by atoms with Crippen LogP contribution in [0.25, 0.3) is 33.1 Å². The third-order valence-electron chi connectivity index (χ3n) is 5.88. The Morgan fingerprint density at radius 3 is 2.30 bits per heavy atom. The van der Waals surface area contributed by atoms with Gasteiger partial charge in [0.1, 0.15) is 11.3 Å². The van der Waals surface area contributed by atoms with Gasteiger partial charge in [-0.2, -0.15) is 0 Å². The van der Waals surface area contributed by atoms with Gasteiger partial charge in [0.05, 0.1) is 23.2 Å². The Kier molecular flexibility index (Phi) is 5.91. The SMILES string of the molecule is CC(C)(C)c1ccc(OCCCn2c3nc4ccccc4nc3c3cc(Br)cc(Br)c32)cc1. The van der Waals surface area contributed by atoms with Gasteiger partial charge in [-0.25, -0.2) is 9.97 Å². The molecule has 0 amide bonds. The van der Waals surface area contributed by atoms with Gasteiger partial charge in [-0.1, -0.05) is 61.0 Å². The monoisotopic (exact) mass is 565 g/mol. The van der Waals surface area contributed by atoms with Crippen molar-refractivity contribution in [1.82, 2.24) is 14.5 Å². The van der Waals surface area contributed by atoms with Crippen LogP contribution in [0.4, 0.5) is 0 Å². The van der Waals surface area contributed by atoms with Gasteiger partial charge in [0.15, 0.2) is 5.65 Å². The minimum Gasteiger partial charge on any atom is -0.494 e. The Morgan fingerprint density at radius 1 is 0.909 bits per heavy atom. The summed E-state index contributed by atoms with van der Waals surface area (Å²) >= 11 is 7.39. The van der Waals surface area contributed by atoms with Crippen LogP contribution < -0.4 is 4.74 Å². The van der Waals surface area contributed by atoms with E-state index < -0.39 is 0 Å². The zero-order chi connectivity index (χ0) is 23.2. The van der Waals surface area contributed by atoms with Crippen LogP contribution in [0, 0.1) is 0 Å². The second-order valence-corrected chi connectivity index (χ2v) is 11.1. The molecular weight excluding hydrogens is 542 g/mol. The lowest BCUT2D eigenvalue weighted by Crippen LogP contribution is -2.10. The van der Waals surface area contributed by atoms with E-state index in [1.165, 1.54) is 5.56 Å². The molecule has 0 aliphatic heterocycles. The van der Waals surface area contributed by atoms with Crippen LogP contribution in [0.1, 0.15) is 32.8 Å². The molecule has 0 bridgehead atoms. The number of fused-ring (bicyclic) bond motifs is 4. The minimum atomic E-state index is 0.142. The van der Waals surface area contributed by atoms with E-state index in [9.17, 15) is 0 Å². The molecule has 0 saturated carbocycles. The van der Waals surface area contributed by atoms with Gasteiger partial charge in [-0.15, -0.1) is 0 Å². The van der Waals surface area contributed by atoms with Crippen LogP contribution >= 0.6 is 31.9 Å². The maximum atomic E-state index is 6.05. The molecule has 6 heteroatoms. The minimum absolute atomic E-state index is 0.142. The number of para-hydroxylation sites is 2. The smallest absolute Gasteiger partial charge is 0.160 e. The van der Waals surface area contributed by atoms with Crippen molar-refractivity contribution in [2.75, 3.05) is 6.61 Å². The number of benzene rings is 3. The van der Waals surface area contributed by atoms with Crippen molar-refractivity contribution in [2.24, 2.45) is 0 Å². The van der Waals surface area contributed by atoms with Gasteiger partial charge in [-0.05, 0) is 69.7 Å². The first-order valence-corrected chi connectivity index (χ1v) is 12.7. The van der Waals surface area contributed by atoms with Gasteiger partial charge in [0, 0.05) is 20.9 Å². The van der Waals surface area contributed by atoms with Crippen molar-refractivity contribution in [2.45, 2.75) is 39.2 Å². The Hall–Kier alpha value is -2.44. The number of nitrogens with zero attached hydrogens (tertiary/aromatic N) is 3. The fraction of sp³-hybridized carbons (Fsp3) is 0.259. The van der Waals surface area contributed by atoms with Gasteiger partial charge >= 0.3 is 0 Å². The van der Waals surface area contributed by atoms with Gasteiger partial charge in [-0.3, -0.25) is 0 Å². The van der Waals surface area contributed by atoms with Crippen LogP contribution in [-0.2, 0) is 12.0 Å². The Labute approximate surface area is 210 Å². The molecular formula is C27H25Br2N3O. The molecule has 2 heterocycles. The van der Waals surface area contributed by atoms with E-state index in [0.29, 0.717) is 6.61 Å². The lowest BCUT2D eigenvalue weighted by Gasteiger charge is -2.19. The second-order valence-electron chi connectivity index (χ2n) is 9.30. The summed E-state index contributed by atoms with van der Waals surface area (Å²) in [4.78, 5) is 9.93. The largest absolute Gasteiger partial charge is 0.494 e. The summed E-state index contributed by atoms with van der Waals surface area (Å²) in [5, 5.41) is 1.09. The van der Waals surface area contributed by atoms with E-state index in [1.807, 2.05) is 24.3 Å². The fourth-order valence-corrected chi connectivity index (χ4v) is 5.61. The molecule has 0 aliphatic carbocycles. The number of halogens is 2. The van der Waals surface area contributed by atoms with Crippen LogP contribution in [0.3, 0.4) is 0 Å². The number of hydrogen-bond acceptors (Lipinski definition) is 3. The standard InChI is InChI=1S/C27H25Br2N3O/c1-27(2,3)17-9-11-19(12-10-17)33-14-6-13-32-25-20(15-18(28)16-21(25)29)24-26(32)31-23-8-5-4-7-22(23)30-24/h4-5,7-12,15-16H,6,13-14H2,1-3H3. The zero-order valence-electron chi connectivity index (χ0n) is 18.9. The van der Waals surface area contributed by atoms with E-state index >= 15 is 0 Å². The topological polar surface area (TPSA) is 39.9 Å². The maximum Gasteiger partial charge on any atom is 0.160 e. The molecule has 0 unspecified atom stereocenters. The van der Waals surface area contributed by atoms with Crippen molar-refractivity contribution in [3.05, 3.63) is 75.2 Å². The average molecular weight is 567 g/mol. The molecule has 0 saturated heterocycles. The van der Waals surface area contributed by atoms with Crippen molar-refractivity contribution in [1.29, 1.82) is 0 Å². The Balaban J connectivity index is 1.44. The van der Waals surface area contributed by atoms with Crippen molar-refractivity contribution in [3.8, 4) is 5.75 Å². The molecule has 0 radical (unpaired) electrons. The van der Waals surface area contributed by atoms with E-state index in [0.717, 1.165) is 60.8 Å². The van der Waals surface area contributed by atoms with E-state index in [1.54, 1.807) is 0 Å². The average Bonchev–Trinajstić information content (AvgIpc) is 3.07. The number of ether oxygens (including phenoxy) is 1. The lowest BCUT2D eigenvalue weighted by molar-refractivity contribution is 0.303. The molecule has 3 aromatic carbocycles. The van der Waals surface area contributed by atoms with Crippen molar-refractivity contribution < 1.29 is 4.74 Å². The van der Waals surface area contributed by atoms with Gasteiger partial charge in [0.25, 0.3) is 0 Å². The van der Waals surface area contributed by atoms with Crippen LogP contribution in [0.15, 0.2) is 69.6 Å². The van der Waals surface area contributed by atoms with E-state index in [4.69, 9.17) is 14.7 Å². The fourth-order valence-electron chi connectivity index (χ4n) is 4.17. The quantitative estimate of drug-likeness (QED) is 0.202. The summed E-state index contributed by atoms with van der Waals surface area (Å²) in [6.07, 6.45) is 0.858. The molecule has 168 valence electrons. The summed E-state index contributed by atoms with van der Waals surface area (Å²) in [6.45, 7) is 8.07. The summed E-state index contributed by atoms with van der Waals surface area (Å²) in [5.74, 6) is 0.904. The highest BCUT2D eigenvalue weighted by Crippen LogP contribution is 2.35. The molecule has 0 aliphatic rings. The second kappa shape index (κ2) is 8.73. The zero-order valence-corrected chi connectivity index (χ0v) is 22.1. The van der Waals surface area contributed by atoms with Crippen LogP contribution in [-0.4, -0.2) is 21.1 Å². The molecule has 0 atom stereocenters. The number of rotatable bonds is 5. The summed E-state index contributed by atoms with van der Waals surface area (Å²) in [6, 6.07) is 20.6. The van der Waals surface area contributed by atoms with E-state index in [2.05, 4.69) is 93.6 Å². The van der Waals surface area contributed by atoms with Gasteiger partial charge in [0.2, 0.25) is 0 Å². The molecule has 0 spiro atoms. The number of aryl methyl sites for hydroxylation is 1. The first-order valence-electron chi connectivity index (χ1n) is 11.1. The third kappa shape index (κ3) is 4.38. The predicted molar refractivity (Wildman–Crippen MR) is 143 cm³/mol. The third-order valence-corrected chi connectivity index (χ3v) is 6.94. The van der Waals surface area contributed by atoms with Crippen molar-refractivity contribution >= 4 is 65.0 Å². The van der Waals surface area contributed by atoms with Crippen LogP contribution in [0.5, 0.6) is 5.75 Å². The molecule has 33 heavy (non-hydrogen) atoms. The Bertz CT molecular complexity index is 1470. The normalized spacial score (nSPS) is 12.2. The molecule has 0 N–H and O–H groups in total. The first-order chi connectivity index (χ1) is 15.8. The lowest BCUT2D eigenvalue weighted by atomic mass is 9.87. The summed E-state index contributed by atoms with van der Waals surface area (Å²) < 4.78 is 10.3. The number of aromatic nitrogens is 3. The molecule has 5 aromatic rings. The highest BCUT2D eigenvalue weighted by atomic mass is 79.9. The Morgan fingerprint density at radius 2 is 1.61 bits per heavy atom. The van der Waals surface area contributed by atoms with E-state index in [-0.39, 0.29) is 5.41 Å². The molecule has 2 aromatic heterocycles. The molecule has 4 nitrogen and oxygen atoms in total. The number of hydrogen-bond donors (Lipinski definition) is 0. The summed E-state index contributed by atoms with van der Waals surface area (Å²) in [5.41, 5.74) is 6.19. The molecule has 0 fully saturated rings. The van der Waals surface area contributed by atoms with Crippen LogP contribution in [0.2, 0.25) is 0 Å². The highest BCUT2D eigenvalue weighted by molar-refractivity contribution is 9.11. The maximum absolute atomic E-state index is 6.05. The summed E-state index contributed by atoms with van der Waals surface area (Å²) in [7, 11) is 0.